The molecule has 2 aromatic carbocycles. The fourth-order valence-electron chi connectivity index (χ4n) is 1.86. The van der Waals surface area contributed by atoms with Crippen LogP contribution in [0.1, 0.15) is 6.92 Å². The van der Waals surface area contributed by atoms with E-state index < -0.39 is 15.8 Å². The van der Waals surface area contributed by atoms with Crippen LogP contribution in [-0.4, -0.2) is 21.4 Å². The van der Waals surface area contributed by atoms with Crippen molar-refractivity contribution in [1.82, 2.24) is 0 Å². The van der Waals surface area contributed by atoms with Gasteiger partial charge in [0.25, 0.3) is 10.0 Å². The van der Waals surface area contributed by atoms with Gasteiger partial charge in [0.2, 0.25) is 5.91 Å². The zero-order valence-electron chi connectivity index (χ0n) is 12.1. The predicted octanol–water partition coefficient (Wildman–Crippen LogP) is 2.61. The molecular weight excluding hydrogens is 307 g/mol. The second kappa shape index (κ2) is 6.15. The van der Waals surface area contributed by atoms with E-state index in [0.717, 1.165) is 4.31 Å². The summed E-state index contributed by atoms with van der Waals surface area (Å²) in [7, 11) is -2.36. The van der Waals surface area contributed by atoms with Crippen molar-refractivity contribution < 1.29 is 17.6 Å². The molecule has 0 aliphatic carbocycles. The number of nitrogens with zero attached hydrogens (tertiary/aromatic N) is 1. The fraction of sp³-hybridized carbons (Fsp3) is 0.133. The highest BCUT2D eigenvalue weighted by Crippen LogP contribution is 2.23. The highest BCUT2D eigenvalue weighted by Gasteiger charge is 2.21. The molecule has 0 saturated carbocycles. The SMILES string of the molecule is CC(=O)Nc1ccc(S(=O)(=O)N(C)c2ccc(F)cc2)cc1. The maximum atomic E-state index is 12.9. The van der Waals surface area contributed by atoms with Crippen molar-refractivity contribution in [1.29, 1.82) is 0 Å². The van der Waals surface area contributed by atoms with Crippen LogP contribution in [0.5, 0.6) is 0 Å². The van der Waals surface area contributed by atoms with Gasteiger partial charge in [0.05, 0.1) is 10.6 Å². The molecule has 116 valence electrons. The van der Waals surface area contributed by atoms with Crippen LogP contribution in [0.25, 0.3) is 0 Å². The lowest BCUT2D eigenvalue weighted by molar-refractivity contribution is -0.114. The van der Waals surface area contributed by atoms with Crippen LogP contribution in [0.2, 0.25) is 0 Å². The topological polar surface area (TPSA) is 66.5 Å². The number of halogens is 1. The zero-order valence-corrected chi connectivity index (χ0v) is 12.9. The van der Waals surface area contributed by atoms with Crippen LogP contribution in [0, 0.1) is 5.82 Å². The quantitative estimate of drug-likeness (QED) is 0.941. The van der Waals surface area contributed by atoms with Gasteiger partial charge < -0.3 is 5.32 Å². The highest BCUT2D eigenvalue weighted by molar-refractivity contribution is 7.92. The van der Waals surface area contributed by atoms with Crippen molar-refractivity contribution in [2.24, 2.45) is 0 Å². The Hall–Kier alpha value is -2.41. The lowest BCUT2D eigenvalue weighted by atomic mass is 10.3. The summed E-state index contributed by atoms with van der Waals surface area (Å²) in [6.07, 6.45) is 0. The first-order chi connectivity index (χ1) is 10.3. The van der Waals surface area contributed by atoms with E-state index in [1.807, 2.05) is 0 Å². The summed E-state index contributed by atoms with van der Waals surface area (Å²) in [6.45, 7) is 1.37. The first kappa shape index (κ1) is 16.0. The normalized spacial score (nSPS) is 11.0. The molecule has 0 aliphatic rings. The largest absolute Gasteiger partial charge is 0.326 e. The van der Waals surface area contributed by atoms with Crippen LogP contribution in [0.3, 0.4) is 0 Å². The monoisotopic (exact) mass is 322 g/mol. The molecule has 22 heavy (non-hydrogen) atoms. The molecule has 0 radical (unpaired) electrons. The molecule has 0 spiro atoms. The smallest absolute Gasteiger partial charge is 0.264 e. The highest BCUT2D eigenvalue weighted by atomic mass is 32.2. The van der Waals surface area contributed by atoms with E-state index >= 15 is 0 Å². The Morgan fingerprint density at radius 1 is 1.05 bits per heavy atom. The molecule has 2 aromatic rings. The fourth-order valence-corrected chi connectivity index (χ4v) is 3.06. The molecule has 1 N–H and O–H groups in total. The summed E-state index contributed by atoms with van der Waals surface area (Å²) in [5.41, 5.74) is 0.864. The van der Waals surface area contributed by atoms with E-state index in [1.165, 1.54) is 62.5 Å². The van der Waals surface area contributed by atoms with E-state index in [-0.39, 0.29) is 10.8 Å². The second-order valence-electron chi connectivity index (χ2n) is 4.65. The Kier molecular flexibility index (Phi) is 4.46. The minimum Gasteiger partial charge on any atom is -0.326 e. The summed E-state index contributed by atoms with van der Waals surface area (Å²) in [6, 6.07) is 11.0. The van der Waals surface area contributed by atoms with Gasteiger partial charge in [0.15, 0.2) is 0 Å². The number of amides is 1. The minimum atomic E-state index is -3.75. The minimum absolute atomic E-state index is 0.0772. The van der Waals surface area contributed by atoms with E-state index in [0.29, 0.717) is 11.4 Å². The average molecular weight is 322 g/mol. The van der Waals surface area contributed by atoms with Gasteiger partial charge in [0, 0.05) is 19.7 Å². The van der Waals surface area contributed by atoms with E-state index in [2.05, 4.69) is 5.32 Å². The molecule has 0 saturated heterocycles. The number of anilines is 2. The number of sulfonamides is 1. The van der Waals surface area contributed by atoms with Gasteiger partial charge in [-0.2, -0.15) is 0 Å². The maximum Gasteiger partial charge on any atom is 0.264 e. The van der Waals surface area contributed by atoms with Crippen molar-refractivity contribution in [2.75, 3.05) is 16.7 Å². The number of carbonyl (C=O) groups excluding carboxylic acids is 1. The first-order valence-electron chi connectivity index (χ1n) is 6.43. The van der Waals surface area contributed by atoms with Crippen LogP contribution in [0.4, 0.5) is 15.8 Å². The van der Waals surface area contributed by atoms with Gasteiger partial charge in [-0.15, -0.1) is 0 Å². The van der Waals surface area contributed by atoms with E-state index in [4.69, 9.17) is 0 Å². The van der Waals surface area contributed by atoms with Gasteiger partial charge in [-0.3, -0.25) is 9.10 Å². The van der Waals surface area contributed by atoms with E-state index in [9.17, 15) is 17.6 Å². The van der Waals surface area contributed by atoms with Gasteiger partial charge in [-0.25, -0.2) is 12.8 Å². The van der Waals surface area contributed by atoms with Gasteiger partial charge in [-0.05, 0) is 48.5 Å². The summed E-state index contributed by atoms with van der Waals surface area (Å²) >= 11 is 0. The molecule has 0 unspecified atom stereocenters. The van der Waals surface area contributed by atoms with Crippen molar-refractivity contribution in [3.63, 3.8) is 0 Å². The number of nitrogens with one attached hydrogen (secondary N) is 1. The number of benzene rings is 2. The molecule has 0 aliphatic heterocycles. The average Bonchev–Trinajstić information content (AvgIpc) is 2.47. The van der Waals surface area contributed by atoms with Crippen LogP contribution < -0.4 is 9.62 Å². The molecule has 0 bridgehead atoms. The van der Waals surface area contributed by atoms with Gasteiger partial charge >= 0.3 is 0 Å². The third-order valence-electron chi connectivity index (χ3n) is 3.02. The Morgan fingerprint density at radius 3 is 2.09 bits per heavy atom. The van der Waals surface area contributed by atoms with Crippen LogP contribution >= 0.6 is 0 Å². The third-order valence-corrected chi connectivity index (χ3v) is 4.82. The lowest BCUT2D eigenvalue weighted by Gasteiger charge is -2.19. The lowest BCUT2D eigenvalue weighted by Crippen LogP contribution is -2.26. The third kappa shape index (κ3) is 3.43. The van der Waals surface area contributed by atoms with Gasteiger partial charge in [-0.1, -0.05) is 0 Å². The Balaban J connectivity index is 2.29. The predicted molar refractivity (Wildman–Crippen MR) is 82.7 cm³/mol. The molecule has 0 aromatic heterocycles. The second-order valence-corrected chi connectivity index (χ2v) is 6.62. The molecule has 5 nitrogen and oxygen atoms in total. The summed E-state index contributed by atoms with van der Waals surface area (Å²) < 4.78 is 39.0. The number of hydrogen-bond acceptors (Lipinski definition) is 3. The van der Waals surface area contributed by atoms with Crippen molar-refractivity contribution in [3.05, 3.63) is 54.3 Å². The van der Waals surface area contributed by atoms with E-state index in [1.54, 1.807) is 0 Å². The van der Waals surface area contributed by atoms with Crippen LogP contribution in [0.15, 0.2) is 53.4 Å². The van der Waals surface area contributed by atoms with Crippen molar-refractivity contribution in [3.8, 4) is 0 Å². The molecule has 7 heteroatoms. The molecule has 0 heterocycles. The molecule has 2 rings (SSSR count). The number of hydrogen-bond donors (Lipinski definition) is 1. The van der Waals surface area contributed by atoms with Crippen molar-refractivity contribution >= 4 is 27.3 Å². The number of carbonyl (C=O) groups is 1. The summed E-state index contributed by atoms with van der Waals surface area (Å²) in [4.78, 5) is 11.0. The molecule has 1 amide bonds. The summed E-state index contributed by atoms with van der Waals surface area (Å²) in [5.74, 6) is -0.673. The standard InChI is InChI=1S/C15H15FN2O3S/c1-11(19)17-13-5-9-15(10-6-13)22(20,21)18(2)14-7-3-12(16)4-8-14/h3-10H,1-2H3,(H,17,19). The first-order valence-corrected chi connectivity index (χ1v) is 7.87. The van der Waals surface area contributed by atoms with Crippen LogP contribution in [-0.2, 0) is 14.8 Å². The van der Waals surface area contributed by atoms with Gasteiger partial charge in [0.1, 0.15) is 5.82 Å². The summed E-state index contributed by atoms with van der Waals surface area (Å²) in [5, 5.41) is 2.56. The molecule has 0 fully saturated rings. The Bertz CT molecular complexity index is 771. The maximum absolute atomic E-state index is 12.9. The Labute approximate surface area is 128 Å². The Morgan fingerprint density at radius 2 is 1.59 bits per heavy atom. The number of rotatable bonds is 4. The molecule has 0 atom stereocenters. The zero-order chi connectivity index (χ0) is 16.3. The molecular formula is C15H15FN2O3S. The van der Waals surface area contributed by atoms with Crippen molar-refractivity contribution in [2.45, 2.75) is 11.8 Å².